The van der Waals surface area contributed by atoms with Crippen LogP contribution in [0.3, 0.4) is 0 Å². The molecule has 1 aliphatic heterocycles. The average Bonchev–Trinajstić information content (AvgIpc) is 2.27. The number of carbonyl (C=O) groups excluding carboxylic acids is 1. The summed E-state index contributed by atoms with van der Waals surface area (Å²) < 4.78 is 21.3. The van der Waals surface area contributed by atoms with E-state index in [2.05, 4.69) is 10.3 Å². The van der Waals surface area contributed by atoms with Crippen LogP contribution in [0.5, 0.6) is 0 Å². The molecule has 0 aromatic rings. The summed E-state index contributed by atoms with van der Waals surface area (Å²) in [5.41, 5.74) is 0. The Hall–Kier alpha value is -0.270. The molecule has 0 aliphatic carbocycles. The predicted octanol–water partition coefficient (Wildman–Crippen LogP) is 0.509. The predicted molar refractivity (Wildman–Crippen MR) is 56.9 cm³/mol. The molecule has 0 spiro atoms. The normalized spacial score (nSPS) is 27.2. The van der Waals surface area contributed by atoms with Crippen molar-refractivity contribution in [1.29, 1.82) is 0 Å². The van der Waals surface area contributed by atoms with Crippen LogP contribution in [-0.4, -0.2) is 30.1 Å². The molecule has 1 heterocycles. The van der Waals surface area contributed by atoms with Crippen LogP contribution in [0.15, 0.2) is 4.99 Å². The van der Waals surface area contributed by atoms with E-state index in [1.54, 1.807) is 6.92 Å². The summed E-state index contributed by atoms with van der Waals surface area (Å²) in [6.07, 6.45) is 0. The second-order valence-corrected chi connectivity index (χ2v) is 7.00. The van der Waals surface area contributed by atoms with Gasteiger partial charge in [-0.3, -0.25) is 9.79 Å². The van der Waals surface area contributed by atoms with Crippen LogP contribution in [0.1, 0.15) is 13.8 Å². The Balaban J connectivity index is 2.74. The van der Waals surface area contributed by atoms with Crippen molar-refractivity contribution in [2.24, 2.45) is 4.99 Å². The number of hydrogen-bond donors (Lipinski definition) is 1. The molecular weight excluding hydrogens is 248 g/mol. The molecule has 1 aliphatic rings. The van der Waals surface area contributed by atoms with Gasteiger partial charge in [0.2, 0.25) is 15.0 Å². The van der Waals surface area contributed by atoms with Crippen LogP contribution < -0.4 is 5.32 Å². The summed E-state index contributed by atoms with van der Waals surface area (Å²) in [4.78, 5) is 14.6. The summed E-state index contributed by atoms with van der Waals surface area (Å²) in [5.74, 6) is -0.281. The molecule has 0 bridgehead atoms. The zero-order valence-corrected chi connectivity index (χ0v) is 9.91. The first kappa shape index (κ1) is 11.8. The summed E-state index contributed by atoms with van der Waals surface area (Å²) >= 11 is 0.952. The molecule has 8 heteroatoms. The van der Waals surface area contributed by atoms with E-state index >= 15 is 0 Å². The molecule has 2 unspecified atom stereocenters. The fourth-order valence-corrected chi connectivity index (χ4v) is 3.94. The summed E-state index contributed by atoms with van der Waals surface area (Å²) in [5, 5.41) is 2.73. The third kappa shape index (κ3) is 2.86. The van der Waals surface area contributed by atoms with Crippen molar-refractivity contribution >= 4 is 42.6 Å². The van der Waals surface area contributed by atoms with Crippen molar-refractivity contribution < 1.29 is 13.2 Å². The van der Waals surface area contributed by atoms with Crippen molar-refractivity contribution in [3.8, 4) is 0 Å². The molecule has 0 saturated heterocycles. The van der Waals surface area contributed by atoms with Crippen LogP contribution in [0.25, 0.3) is 0 Å². The van der Waals surface area contributed by atoms with E-state index in [0.29, 0.717) is 5.17 Å². The van der Waals surface area contributed by atoms with Gasteiger partial charge >= 0.3 is 0 Å². The molecule has 5 nitrogen and oxygen atoms in total. The molecule has 0 saturated carbocycles. The lowest BCUT2D eigenvalue weighted by molar-refractivity contribution is -0.117. The van der Waals surface area contributed by atoms with Gasteiger partial charge in [0.1, 0.15) is 0 Å². The number of rotatable bonds is 1. The molecule has 0 radical (unpaired) electrons. The lowest BCUT2D eigenvalue weighted by Gasteiger charge is -2.07. The molecule has 80 valence electrons. The maximum absolute atomic E-state index is 11.0. The maximum atomic E-state index is 11.0. The van der Waals surface area contributed by atoms with Gasteiger partial charge < -0.3 is 5.32 Å². The Morgan fingerprint density at radius 3 is 2.57 bits per heavy atom. The Kier molecular flexibility index (Phi) is 3.44. The summed E-state index contributed by atoms with van der Waals surface area (Å²) in [7, 11) is 1.55. The highest BCUT2D eigenvalue weighted by Gasteiger charge is 2.36. The van der Waals surface area contributed by atoms with Gasteiger partial charge in [-0.05, 0) is 6.92 Å². The smallest absolute Gasteiger partial charge is 0.247 e. The fraction of sp³-hybridized carbons (Fsp3) is 0.667. The number of carbonyl (C=O) groups is 1. The molecule has 14 heavy (non-hydrogen) atoms. The first-order chi connectivity index (χ1) is 6.30. The van der Waals surface area contributed by atoms with Gasteiger partial charge in [0.05, 0.1) is 6.04 Å². The van der Waals surface area contributed by atoms with Crippen molar-refractivity contribution in [2.75, 3.05) is 0 Å². The Bertz CT molecular complexity index is 379. The number of halogens is 1. The molecule has 0 aromatic carbocycles. The topological polar surface area (TPSA) is 75.6 Å². The SMILES string of the molecule is CC(=O)NC1=NC(C)C(S(=O)(=O)Cl)S1. The minimum atomic E-state index is -3.65. The van der Waals surface area contributed by atoms with Crippen molar-refractivity contribution in [1.82, 2.24) is 5.32 Å². The summed E-state index contributed by atoms with van der Waals surface area (Å²) in [6, 6.07) is -0.440. The largest absolute Gasteiger partial charge is 0.306 e. The number of amidine groups is 1. The van der Waals surface area contributed by atoms with Crippen LogP contribution in [0.2, 0.25) is 0 Å². The van der Waals surface area contributed by atoms with E-state index in [0.717, 1.165) is 11.8 Å². The lowest BCUT2D eigenvalue weighted by Crippen LogP contribution is -2.25. The van der Waals surface area contributed by atoms with Gasteiger partial charge in [0.25, 0.3) is 0 Å². The van der Waals surface area contributed by atoms with E-state index in [1.807, 2.05) is 0 Å². The van der Waals surface area contributed by atoms with Crippen molar-refractivity contribution in [3.63, 3.8) is 0 Å². The minimum Gasteiger partial charge on any atom is -0.306 e. The van der Waals surface area contributed by atoms with Crippen molar-refractivity contribution in [3.05, 3.63) is 0 Å². The number of nitrogens with zero attached hydrogens (tertiary/aromatic N) is 1. The zero-order valence-electron chi connectivity index (χ0n) is 7.52. The van der Waals surface area contributed by atoms with E-state index in [-0.39, 0.29) is 5.91 Å². The number of hydrogen-bond acceptors (Lipinski definition) is 5. The Morgan fingerprint density at radius 1 is 1.64 bits per heavy atom. The molecule has 2 atom stereocenters. The third-order valence-corrected chi connectivity index (χ3v) is 5.45. The van der Waals surface area contributed by atoms with Crippen LogP contribution in [0, 0.1) is 0 Å². The maximum Gasteiger partial charge on any atom is 0.247 e. The minimum absolute atomic E-state index is 0.281. The van der Waals surface area contributed by atoms with Crippen molar-refractivity contribution in [2.45, 2.75) is 24.5 Å². The lowest BCUT2D eigenvalue weighted by atomic mass is 10.4. The second-order valence-electron chi connectivity index (χ2n) is 2.82. The molecule has 1 rings (SSSR count). The molecule has 0 aromatic heterocycles. The molecule has 1 N–H and O–H groups in total. The first-order valence-electron chi connectivity index (χ1n) is 3.76. The van der Waals surface area contributed by atoms with Gasteiger partial charge in [-0.25, -0.2) is 8.42 Å². The monoisotopic (exact) mass is 256 g/mol. The van der Waals surface area contributed by atoms with Crippen LogP contribution >= 0.6 is 22.4 Å². The number of amides is 1. The summed E-state index contributed by atoms with van der Waals surface area (Å²) in [6.45, 7) is 2.96. The van der Waals surface area contributed by atoms with Gasteiger partial charge in [-0.1, -0.05) is 11.8 Å². The van der Waals surface area contributed by atoms with E-state index in [9.17, 15) is 13.2 Å². The van der Waals surface area contributed by atoms with E-state index in [1.165, 1.54) is 6.92 Å². The second kappa shape index (κ2) is 4.08. The highest BCUT2D eigenvalue weighted by Crippen LogP contribution is 2.31. The third-order valence-electron chi connectivity index (χ3n) is 1.50. The standard InChI is InChI=1S/C6H9ClN2O3S2/c1-3-5(14(7,11)12)13-6(8-3)9-4(2)10/h3,5H,1-2H3,(H,8,9,10). The number of thioether (sulfide) groups is 1. The number of nitrogens with one attached hydrogen (secondary N) is 1. The van der Waals surface area contributed by atoms with E-state index in [4.69, 9.17) is 10.7 Å². The Morgan fingerprint density at radius 2 is 2.21 bits per heavy atom. The number of aliphatic imine (C=N–C) groups is 1. The van der Waals surface area contributed by atoms with Crippen LogP contribution in [-0.2, 0) is 13.8 Å². The van der Waals surface area contributed by atoms with Gasteiger partial charge in [-0.15, -0.1) is 0 Å². The van der Waals surface area contributed by atoms with Gasteiger partial charge in [-0.2, -0.15) is 0 Å². The highest BCUT2D eigenvalue weighted by molar-refractivity contribution is 8.29. The quantitative estimate of drug-likeness (QED) is 0.694. The average molecular weight is 257 g/mol. The fourth-order valence-electron chi connectivity index (χ4n) is 0.990. The highest BCUT2D eigenvalue weighted by atomic mass is 35.7. The molecule has 0 fully saturated rings. The van der Waals surface area contributed by atoms with Gasteiger partial charge in [0, 0.05) is 17.6 Å². The molecular formula is C6H9ClN2O3S2. The first-order valence-corrected chi connectivity index (χ1v) is 7.01. The van der Waals surface area contributed by atoms with Gasteiger partial charge in [0.15, 0.2) is 9.75 Å². The molecule has 1 amide bonds. The zero-order chi connectivity index (χ0) is 10.9. The van der Waals surface area contributed by atoms with E-state index < -0.39 is 19.7 Å². The Labute approximate surface area is 90.7 Å². The van der Waals surface area contributed by atoms with Crippen LogP contribution in [0.4, 0.5) is 0 Å².